The lowest BCUT2D eigenvalue weighted by Crippen LogP contribution is -2.28. The lowest BCUT2D eigenvalue weighted by molar-refractivity contribution is 0.0119. The molecule has 0 heterocycles. The average Bonchev–Trinajstić information content (AvgIpc) is 2.95. The summed E-state index contributed by atoms with van der Waals surface area (Å²) in [5.41, 5.74) is -0.00357. The third-order valence-electron chi connectivity index (χ3n) is 5.27. The first kappa shape index (κ1) is 42.4. The van der Waals surface area contributed by atoms with Crippen LogP contribution >= 0.6 is 23.0 Å². The molecule has 0 saturated carbocycles. The van der Waals surface area contributed by atoms with Crippen LogP contribution in [0.1, 0.15) is 29.6 Å². The smallest absolute Gasteiger partial charge is 0.264 e. The van der Waals surface area contributed by atoms with Gasteiger partial charge in [0.1, 0.15) is 23.0 Å². The van der Waals surface area contributed by atoms with Crippen LogP contribution in [0.5, 0.6) is 17.2 Å². The number of rotatable bonds is 28. The van der Waals surface area contributed by atoms with Crippen LogP contribution in [-0.4, -0.2) is 135 Å². The highest BCUT2D eigenvalue weighted by molar-refractivity contribution is 14.1. The highest BCUT2D eigenvalue weighted by Gasteiger charge is 2.20. The van der Waals surface area contributed by atoms with Gasteiger partial charge >= 0.3 is 0 Å². The SMILES string of the molecule is O=C(NCCOCCOCCOCCOI)c1cc(OCCCS(=O)(=O)O)c(OCCCS(=O)(=O)O)c(OCCCS(=O)(=O)O)c1. The first-order chi connectivity index (χ1) is 21.6. The van der Waals surface area contributed by atoms with E-state index in [1.165, 1.54) is 12.1 Å². The predicted molar refractivity (Wildman–Crippen MR) is 171 cm³/mol. The predicted octanol–water partition coefficient (Wildman–Crippen LogP) is 0.803. The summed E-state index contributed by atoms with van der Waals surface area (Å²) in [6, 6.07) is 2.52. The molecule has 18 nitrogen and oxygen atoms in total. The second kappa shape index (κ2) is 22.9. The van der Waals surface area contributed by atoms with Crippen LogP contribution in [0.15, 0.2) is 12.1 Å². The summed E-state index contributed by atoms with van der Waals surface area (Å²) < 4.78 is 131. The van der Waals surface area contributed by atoms with E-state index in [1.807, 2.05) is 0 Å². The Morgan fingerprint density at radius 1 is 0.609 bits per heavy atom. The number of carbonyl (C=O) groups excluding carboxylic acids is 1. The fraction of sp³-hybridized carbons (Fsp3) is 0.708. The minimum Gasteiger partial charge on any atom is -0.489 e. The Kier molecular flexibility index (Phi) is 21.1. The van der Waals surface area contributed by atoms with Gasteiger partial charge in [-0.25, -0.2) is 0 Å². The minimum absolute atomic E-state index is 0.00357. The van der Waals surface area contributed by atoms with E-state index in [0.717, 1.165) is 0 Å². The topological polar surface area (TPSA) is 257 Å². The van der Waals surface area contributed by atoms with Gasteiger partial charge in [-0.3, -0.25) is 18.5 Å². The number of carbonyl (C=O) groups is 1. The van der Waals surface area contributed by atoms with Gasteiger partial charge in [-0.05, 0) is 31.4 Å². The molecule has 268 valence electrons. The maximum Gasteiger partial charge on any atom is 0.264 e. The summed E-state index contributed by atoms with van der Waals surface area (Å²) in [6.45, 7) is 1.74. The van der Waals surface area contributed by atoms with E-state index in [9.17, 15) is 30.0 Å². The number of halogens is 1. The third kappa shape index (κ3) is 22.8. The zero-order chi connectivity index (χ0) is 34.5. The molecule has 1 aromatic carbocycles. The summed E-state index contributed by atoms with van der Waals surface area (Å²) >= 11 is 1.77. The molecule has 0 aliphatic heterocycles. The van der Waals surface area contributed by atoms with Crippen molar-refractivity contribution >= 4 is 59.3 Å². The van der Waals surface area contributed by atoms with Gasteiger partial charge in [0.15, 0.2) is 11.5 Å². The monoisotopic (exact) mass is 837 g/mol. The number of hydrogen-bond acceptors (Lipinski definition) is 14. The van der Waals surface area contributed by atoms with Crippen molar-refractivity contribution in [3.63, 3.8) is 0 Å². The maximum atomic E-state index is 13.0. The van der Waals surface area contributed by atoms with Crippen LogP contribution in [0.4, 0.5) is 0 Å². The second-order valence-electron chi connectivity index (χ2n) is 9.17. The Labute approximate surface area is 282 Å². The zero-order valence-electron chi connectivity index (χ0n) is 24.8. The van der Waals surface area contributed by atoms with Crippen molar-refractivity contribution in [3.05, 3.63) is 17.7 Å². The van der Waals surface area contributed by atoms with E-state index in [1.54, 1.807) is 23.0 Å². The van der Waals surface area contributed by atoms with Gasteiger partial charge in [-0.15, -0.1) is 0 Å². The first-order valence-electron chi connectivity index (χ1n) is 13.8. The van der Waals surface area contributed by atoms with E-state index in [4.69, 9.17) is 45.1 Å². The van der Waals surface area contributed by atoms with Crippen molar-refractivity contribution in [1.82, 2.24) is 5.32 Å². The maximum absolute atomic E-state index is 13.0. The van der Waals surface area contributed by atoms with Gasteiger partial charge in [-0.1, -0.05) is 0 Å². The Balaban J connectivity index is 2.94. The lowest BCUT2D eigenvalue weighted by Gasteiger charge is -2.19. The van der Waals surface area contributed by atoms with Crippen molar-refractivity contribution in [2.75, 3.05) is 89.9 Å². The van der Waals surface area contributed by atoms with Gasteiger partial charge in [0.2, 0.25) is 5.75 Å². The normalized spacial score (nSPS) is 12.2. The molecule has 0 fully saturated rings. The number of hydrogen-bond donors (Lipinski definition) is 4. The zero-order valence-corrected chi connectivity index (χ0v) is 29.4. The van der Waals surface area contributed by atoms with Crippen molar-refractivity contribution in [2.24, 2.45) is 0 Å². The molecule has 0 saturated heterocycles. The summed E-state index contributed by atoms with van der Waals surface area (Å²) in [5, 5.41) is 2.64. The first-order valence-corrected chi connectivity index (χ1v) is 19.5. The van der Waals surface area contributed by atoms with Crippen molar-refractivity contribution < 1.29 is 75.2 Å². The summed E-state index contributed by atoms with van der Waals surface area (Å²) in [7, 11) is -12.9. The van der Waals surface area contributed by atoms with E-state index < -0.39 is 53.5 Å². The van der Waals surface area contributed by atoms with Crippen molar-refractivity contribution in [1.29, 1.82) is 0 Å². The quantitative estimate of drug-likeness (QED) is 0.0517. The van der Waals surface area contributed by atoms with Crippen molar-refractivity contribution in [2.45, 2.75) is 19.3 Å². The molecule has 4 N–H and O–H groups in total. The fourth-order valence-electron chi connectivity index (χ4n) is 3.30. The molecular formula is C24H40INO17S3. The Bertz CT molecular complexity index is 1300. The second-order valence-corrected chi connectivity index (χ2v) is 14.5. The van der Waals surface area contributed by atoms with Gasteiger partial charge in [0, 0.05) is 12.1 Å². The Morgan fingerprint density at radius 2 is 1.00 bits per heavy atom. The molecule has 22 heteroatoms. The summed E-state index contributed by atoms with van der Waals surface area (Å²) in [4.78, 5) is 13.0. The standard InChI is InChI=1S/C24H40INO17S3/c25-43-14-13-39-12-11-38-10-9-37-8-4-26-24(27)20-18-21(40-5-1-15-44(28,29)30)23(42-7-3-17-46(34,35)36)22(19-20)41-6-2-16-45(31,32)33/h18-19H,1-17H2,(H,26,27)(H,28,29,30)(H,31,32,33)(H,34,35,36). The molecule has 0 spiro atoms. The largest absolute Gasteiger partial charge is 0.489 e. The number of amides is 1. The summed E-state index contributed by atoms with van der Waals surface area (Å²) in [6.07, 6.45) is -0.453. The molecule has 1 aromatic rings. The van der Waals surface area contributed by atoms with Gasteiger partial charge < -0.3 is 36.8 Å². The summed E-state index contributed by atoms with van der Waals surface area (Å²) in [5.74, 6) is -2.82. The molecule has 1 rings (SSSR count). The molecule has 0 unspecified atom stereocenters. The van der Waals surface area contributed by atoms with Gasteiger partial charge in [0.05, 0.1) is 83.3 Å². The molecule has 0 atom stereocenters. The van der Waals surface area contributed by atoms with Crippen LogP contribution in [-0.2, 0) is 47.6 Å². The van der Waals surface area contributed by atoms with E-state index >= 15 is 0 Å². The van der Waals surface area contributed by atoms with E-state index in [-0.39, 0.29) is 81.7 Å². The van der Waals surface area contributed by atoms with E-state index in [2.05, 4.69) is 5.32 Å². The minimum atomic E-state index is -4.29. The molecule has 0 aromatic heterocycles. The van der Waals surface area contributed by atoms with Crippen LogP contribution in [0.25, 0.3) is 0 Å². The van der Waals surface area contributed by atoms with Gasteiger partial charge in [-0.2, -0.15) is 25.3 Å². The molecular weight excluding hydrogens is 797 g/mol. The Morgan fingerprint density at radius 3 is 1.41 bits per heavy atom. The van der Waals surface area contributed by atoms with Crippen LogP contribution in [0.3, 0.4) is 0 Å². The van der Waals surface area contributed by atoms with Crippen molar-refractivity contribution in [3.8, 4) is 17.2 Å². The average molecular weight is 838 g/mol. The van der Waals surface area contributed by atoms with E-state index in [0.29, 0.717) is 33.0 Å². The highest BCUT2D eigenvalue weighted by atomic mass is 127. The number of nitrogens with one attached hydrogen (secondary N) is 1. The third-order valence-corrected chi connectivity index (χ3v) is 8.12. The lowest BCUT2D eigenvalue weighted by atomic mass is 10.1. The van der Waals surface area contributed by atoms with Crippen LogP contribution < -0.4 is 19.5 Å². The number of benzene rings is 1. The molecule has 1 amide bonds. The van der Waals surface area contributed by atoms with Crippen LogP contribution in [0, 0.1) is 0 Å². The fourth-order valence-corrected chi connectivity index (χ4v) is 4.93. The molecule has 0 radical (unpaired) electrons. The highest BCUT2D eigenvalue weighted by Crippen LogP contribution is 2.39. The molecule has 0 bridgehead atoms. The van der Waals surface area contributed by atoms with Crippen LogP contribution in [0.2, 0.25) is 0 Å². The Hall–Kier alpha value is -1.61. The molecule has 0 aliphatic rings. The molecule has 0 aliphatic carbocycles. The number of ether oxygens (including phenoxy) is 6. The molecule has 46 heavy (non-hydrogen) atoms. The van der Waals surface area contributed by atoms with Gasteiger partial charge in [0.25, 0.3) is 36.3 Å².